The third-order valence-electron chi connectivity index (χ3n) is 2.18. The summed E-state index contributed by atoms with van der Waals surface area (Å²) in [6, 6.07) is 0. The van der Waals surface area contributed by atoms with Crippen molar-refractivity contribution in [3.8, 4) is 0 Å². The van der Waals surface area contributed by atoms with E-state index >= 15 is 0 Å². The van der Waals surface area contributed by atoms with Crippen molar-refractivity contribution < 1.29 is 30.0 Å². The van der Waals surface area contributed by atoms with Gasteiger partial charge in [0.2, 0.25) is 0 Å². The van der Waals surface area contributed by atoms with E-state index in [0.717, 1.165) is 0 Å². The van der Waals surface area contributed by atoms with Gasteiger partial charge in [-0.25, -0.2) is 0 Å². The van der Waals surface area contributed by atoms with E-state index < -0.39 is 30.7 Å². The molecule has 6 nitrogen and oxygen atoms in total. The van der Waals surface area contributed by atoms with E-state index in [4.69, 9.17) is 14.9 Å². The van der Waals surface area contributed by atoms with Gasteiger partial charge in [-0.1, -0.05) is 0 Å². The molecule has 0 spiro atoms. The van der Waals surface area contributed by atoms with E-state index in [1.165, 1.54) is 6.92 Å². The standard InChI is InChI=1S/C8H14O6/c1-3(9)2-4-5(10)6(11)7(12)8(13)14-4/h4-8,10-13H,2H2,1H3/t4?,5-,6+,7-,8-/m1/s1. The topological polar surface area (TPSA) is 107 Å². The summed E-state index contributed by atoms with van der Waals surface area (Å²) < 4.78 is 4.77. The summed E-state index contributed by atoms with van der Waals surface area (Å²) in [4.78, 5) is 10.7. The highest BCUT2D eigenvalue weighted by molar-refractivity contribution is 5.76. The van der Waals surface area contributed by atoms with Gasteiger partial charge in [-0.05, 0) is 6.92 Å². The second kappa shape index (κ2) is 4.33. The van der Waals surface area contributed by atoms with Gasteiger partial charge in [0.05, 0.1) is 6.10 Å². The van der Waals surface area contributed by atoms with Gasteiger partial charge in [0, 0.05) is 6.42 Å². The van der Waals surface area contributed by atoms with Crippen molar-refractivity contribution in [1.29, 1.82) is 0 Å². The Labute approximate surface area is 80.7 Å². The quantitative estimate of drug-likeness (QED) is 0.407. The summed E-state index contributed by atoms with van der Waals surface area (Å²) in [6.07, 6.45) is -7.06. The Hall–Kier alpha value is -0.530. The Kier molecular flexibility index (Phi) is 3.57. The summed E-state index contributed by atoms with van der Waals surface area (Å²) in [5, 5.41) is 36.8. The van der Waals surface area contributed by atoms with Crippen LogP contribution in [0.15, 0.2) is 0 Å². The first-order valence-electron chi connectivity index (χ1n) is 4.30. The highest BCUT2D eigenvalue weighted by Gasteiger charge is 2.43. The average molecular weight is 206 g/mol. The second-order valence-electron chi connectivity index (χ2n) is 3.44. The number of hydrogen-bond acceptors (Lipinski definition) is 6. The number of carbonyl (C=O) groups excluding carboxylic acids is 1. The fourth-order valence-electron chi connectivity index (χ4n) is 1.38. The van der Waals surface area contributed by atoms with Crippen molar-refractivity contribution in [2.45, 2.75) is 44.1 Å². The first-order chi connectivity index (χ1) is 6.43. The Bertz CT molecular complexity index is 218. The molecule has 1 aliphatic rings. The van der Waals surface area contributed by atoms with Crippen molar-refractivity contribution in [3.05, 3.63) is 0 Å². The zero-order valence-electron chi connectivity index (χ0n) is 7.70. The van der Waals surface area contributed by atoms with E-state index in [-0.39, 0.29) is 12.2 Å². The highest BCUT2D eigenvalue weighted by atomic mass is 16.6. The van der Waals surface area contributed by atoms with E-state index in [9.17, 15) is 15.0 Å². The molecule has 0 aromatic rings. The Morgan fingerprint density at radius 2 is 1.71 bits per heavy atom. The normalized spacial score (nSPS) is 43.6. The molecule has 1 rings (SSSR count). The molecule has 0 saturated carbocycles. The van der Waals surface area contributed by atoms with Gasteiger partial charge in [0.25, 0.3) is 0 Å². The van der Waals surface area contributed by atoms with Gasteiger partial charge in [-0.3, -0.25) is 4.79 Å². The summed E-state index contributed by atoms with van der Waals surface area (Å²) in [5.74, 6) is -0.232. The van der Waals surface area contributed by atoms with Crippen LogP contribution in [0.1, 0.15) is 13.3 Å². The molecule has 0 aliphatic carbocycles. The maximum Gasteiger partial charge on any atom is 0.183 e. The second-order valence-corrected chi connectivity index (χ2v) is 3.44. The minimum Gasteiger partial charge on any atom is -0.388 e. The number of aliphatic hydroxyl groups is 4. The number of carbonyl (C=O) groups is 1. The van der Waals surface area contributed by atoms with Crippen LogP contribution in [-0.2, 0) is 9.53 Å². The average Bonchev–Trinajstić information content (AvgIpc) is 2.10. The van der Waals surface area contributed by atoms with Crippen LogP contribution >= 0.6 is 0 Å². The van der Waals surface area contributed by atoms with Crippen molar-refractivity contribution in [2.24, 2.45) is 0 Å². The fraction of sp³-hybridized carbons (Fsp3) is 0.875. The molecule has 14 heavy (non-hydrogen) atoms. The molecule has 5 atom stereocenters. The Morgan fingerprint density at radius 3 is 2.21 bits per heavy atom. The minimum absolute atomic E-state index is 0.109. The lowest BCUT2D eigenvalue weighted by Gasteiger charge is -2.37. The predicted molar refractivity (Wildman–Crippen MR) is 44.2 cm³/mol. The molecule has 1 aliphatic heterocycles. The smallest absolute Gasteiger partial charge is 0.183 e. The first-order valence-corrected chi connectivity index (χ1v) is 4.30. The molecule has 0 aromatic heterocycles. The first kappa shape index (κ1) is 11.5. The maximum absolute atomic E-state index is 10.7. The van der Waals surface area contributed by atoms with Crippen molar-refractivity contribution in [1.82, 2.24) is 0 Å². The van der Waals surface area contributed by atoms with Crippen LogP contribution in [0.25, 0.3) is 0 Å². The molecule has 82 valence electrons. The maximum atomic E-state index is 10.7. The molecule has 6 heteroatoms. The number of aliphatic hydroxyl groups excluding tert-OH is 4. The molecule has 0 bridgehead atoms. The molecule has 0 amide bonds. The third kappa shape index (κ3) is 2.28. The lowest BCUT2D eigenvalue weighted by molar-refractivity contribution is -0.281. The number of ether oxygens (including phenoxy) is 1. The van der Waals surface area contributed by atoms with Crippen LogP contribution in [0.2, 0.25) is 0 Å². The van der Waals surface area contributed by atoms with E-state index in [0.29, 0.717) is 0 Å². The van der Waals surface area contributed by atoms with E-state index in [1.54, 1.807) is 0 Å². The zero-order chi connectivity index (χ0) is 10.9. The fourth-order valence-corrected chi connectivity index (χ4v) is 1.38. The van der Waals surface area contributed by atoms with Gasteiger partial charge in [0.15, 0.2) is 6.29 Å². The largest absolute Gasteiger partial charge is 0.388 e. The monoisotopic (exact) mass is 206 g/mol. The summed E-state index contributed by atoms with van der Waals surface area (Å²) >= 11 is 0. The van der Waals surface area contributed by atoms with Gasteiger partial charge < -0.3 is 25.2 Å². The van der Waals surface area contributed by atoms with Gasteiger partial charge in [-0.2, -0.15) is 0 Å². The minimum atomic E-state index is -1.57. The molecule has 4 N–H and O–H groups in total. The van der Waals surface area contributed by atoms with Crippen LogP contribution in [-0.4, -0.2) is 56.9 Å². The van der Waals surface area contributed by atoms with Crippen molar-refractivity contribution in [2.75, 3.05) is 0 Å². The lowest BCUT2D eigenvalue weighted by Crippen LogP contribution is -2.57. The molecule has 1 heterocycles. The Morgan fingerprint density at radius 1 is 1.14 bits per heavy atom. The van der Waals surface area contributed by atoms with Crippen LogP contribution in [0, 0.1) is 0 Å². The van der Waals surface area contributed by atoms with Crippen LogP contribution in [0.5, 0.6) is 0 Å². The molecule has 1 unspecified atom stereocenters. The predicted octanol–water partition coefficient (Wildman–Crippen LogP) is -2.23. The van der Waals surface area contributed by atoms with Crippen molar-refractivity contribution in [3.63, 3.8) is 0 Å². The summed E-state index contributed by atoms with van der Waals surface area (Å²) in [7, 11) is 0. The summed E-state index contributed by atoms with van der Waals surface area (Å²) in [6.45, 7) is 1.31. The molecular weight excluding hydrogens is 192 g/mol. The summed E-state index contributed by atoms with van der Waals surface area (Å²) in [5.41, 5.74) is 0. The highest BCUT2D eigenvalue weighted by Crippen LogP contribution is 2.21. The third-order valence-corrected chi connectivity index (χ3v) is 2.18. The lowest BCUT2D eigenvalue weighted by atomic mass is 9.96. The molecule has 1 fully saturated rings. The Balaban J connectivity index is 2.65. The van der Waals surface area contributed by atoms with Crippen molar-refractivity contribution >= 4 is 5.78 Å². The van der Waals surface area contributed by atoms with E-state index in [1.807, 2.05) is 0 Å². The van der Waals surface area contributed by atoms with E-state index in [2.05, 4.69) is 0 Å². The molecule has 1 saturated heterocycles. The molecule has 0 radical (unpaired) electrons. The number of rotatable bonds is 2. The van der Waals surface area contributed by atoms with Crippen LogP contribution in [0.4, 0.5) is 0 Å². The van der Waals surface area contributed by atoms with Crippen LogP contribution < -0.4 is 0 Å². The number of ketones is 1. The van der Waals surface area contributed by atoms with Gasteiger partial charge in [-0.15, -0.1) is 0 Å². The SMILES string of the molecule is CC(=O)CC1O[C@@H](O)[C@H](O)[C@@H](O)[C@@H]1O. The van der Waals surface area contributed by atoms with Gasteiger partial charge >= 0.3 is 0 Å². The van der Waals surface area contributed by atoms with Crippen LogP contribution in [0.3, 0.4) is 0 Å². The van der Waals surface area contributed by atoms with Gasteiger partial charge in [0.1, 0.15) is 24.1 Å². The number of Topliss-reactive ketones (excluding diaryl/α,β-unsaturated/α-hetero) is 1. The molecule has 0 aromatic carbocycles. The number of hydrogen-bond donors (Lipinski definition) is 4. The zero-order valence-corrected chi connectivity index (χ0v) is 7.70. The molecular formula is C8H14O6.